The summed E-state index contributed by atoms with van der Waals surface area (Å²) in [5.41, 5.74) is 3.40. The number of halogens is 1. The molecule has 1 aromatic heterocycles. The Morgan fingerprint density at radius 1 is 1.45 bits per heavy atom. The summed E-state index contributed by atoms with van der Waals surface area (Å²) in [7, 11) is 2.13. The number of hydrogen-bond donors (Lipinski definition) is 0. The molecule has 2 aromatic rings. The predicted octanol–water partition coefficient (Wildman–Crippen LogP) is 2.41. The van der Waals surface area contributed by atoms with Crippen LogP contribution in [0.4, 0.5) is 0 Å². The molecule has 1 aliphatic heterocycles. The third-order valence-corrected chi connectivity index (χ3v) is 4.07. The van der Waals surface area contributed by atoms with Gasteiger partial charge in [0.2, 0.25) is 0 Å². The van der Waals surface area contributed by atoms with Gasteiger partial charge in [-0.05, 0) is 31.7 Å². The van der Waals surface area contributed by atoms with Crippen molar-refractivity contribution >= 4 is 22.6 Å². The summed E-state index contributed by atoms with van der Waals surface area (Å²) in [6, 6.07) is 6.32. The van der Waals surface area contributed by atoms with Crippen molar-refractivity contribution in [3.63, 3.8) is 0 Å². The lowest BCUT2D eigenvalue weighted by Gasteiger charge is -2.30. The van der Waals surface area contributed by atoms with Gasteiger partial charge in [0.25, 0.3) is 0 Å². The molecular formula is C15H20ClN3O. The van der Waals surface area contributed by atoms with Crippen LogP contribution < -0.4 is 0 Å². The third-order valence-electron chi connectivity index (χ3n) is 3.83. The van der Waals surface area contributed by atoms with Crippen LogP contribution in [0.2, 0.25) is 0 Å². The minimum Gasteiger partial charge on any atom is -0.374 e. The number of imidazole rings is 1. The standard InChI is InChI=1S/C15H20ClN3O/c1-11-3-4-13-14(7-11)19(15(8-16)17-13)10-12-9-18(2)5-6-20-12/h3-4,7,12H,5-6,8-10H2,1-2H3. The van der Waals surface area contributed by atoms with Crippen LogP contribution in [0.1, 0.15) is 11.4 Å². The van der Waals surface area contributed by atoms with Crippen molar-refractivity contribution in [1.82, 2.24) is 14.5 Å². The van der Waals surface area contributed by atoms with Crippen LogP contribution in [0.15, 0.2) is 18.2 Å². The van der Waals surface area contributed by atoms with Crippen LogP contribution in [0, 0.1) is 6.92 Å². The fourth-order valence-electron chi connectivity index (χ4n) is 2.77. The van der Waals surface area contributed by atoms with Gasteiger partial charge in [-0.2, -0.15) is 0 Å². The van der Waals surface area contributed by atoms with Gasteiger partial charge in [0.1, 0.15) is 5.82 Å². The monoisotopic (exact) mass is 293 g/mol. The molecule has 0 amide bonds. The highest BCUT2D eigenvalue weighted by Gasteiger charge is 2.20. The van der Waals surface area contributed by atoms with Gasteiger partial charge in [-0.25, -0.2) is 4.98 Å². The maximum atomic E-state index is 6.06. The van der Waals surface area contributed by atoms with Crippen LogP contribution in [-0.2, 0) is 17.2 Å². The smallest absolute Gasteiger partial charge is 0.124 e. The van der Waals surface area contributed by atoms with Gasteiger partial charge in [0.15, 0.2) is 0 Å². The fraction of sp³-hybridized carbons (Fsp3) is 0.533. The summed E-state index contributed by atoms with van der Waals surface area (Å²) >= 11 is 6.06. The van der Waals surface area contributed by atoms with Gasteiger partial charge < -0.3 is 14.2 Å². The average Bonchev–Trinajstić information content (AvgIpc) is 2.76. The number of aromatic nitrogens is 2. The second-order valence-corrected chi connectivity index (χ2v) is 5.79. The molecule has 2 heterocycles. The van der Waals surface area contributed by atoms with E-state index in [-0.39, 0.29) is 6.10 Å². The lowest BCUT2D eigenvalue weighted by Crippen LogP contribution is -2.42. The number of ether oxygens (including phenoxy) is 1. The number of benzene rings is 1. The molecule has 0 aliphatic carbocycles. The first kappa shape index (κ1) is 13.9. The summed E-state index contributed by atoms with van der Waals surface area (Å²) in [6.07, 6.45) is 0.202. The van der Waals surface area contributed by atoms with E-state index in [1.165, 1.54) is 5.56 Å². The van der Waals surface area contributed by atoms with E-state index in [4.69, 9.17) is 16.3 Å². The minimum atomic E-state index is 0.202. The predicted molar refractivity (Wildman–Crippen MR) is 81.3 cm³/mol. The van der Waals surface area contributed by atoms with E-state index in [1.54, 1.807) is 0 Å². The van der Waals surface area contributed by atoms with Crippen molar-refractivity contribution in [2.75, 3.05) is 26.7 Å². The summed E-state index contributed by atoms with van der Waals surface area (Å²) < 4.78 is 8.07. The molecule has 0 spiro atoms. The number of hydrogen-bond acceptors (Lipinski definition) is 3. The second-order valence-electron chi connectivity index (χ2n) is 5.52. The molecule has 20 heavy (non-hydrogen) atoms. The number of morpholine rings is 1. The van der Waals surface area contributed by atoms with Crippen molar-refractivity contribution in [1.29, 1.82) is 0 Å². The molecule has 108 valence electrons. The SMILES string of the molecule is Cc1ccc2nc(CCl)n(CC3CN(C)CCO3)c2c1. The highest BCUT2D eigenvalue weighted by Crippen LogP contribution is 2.20. The zero-order valence-electron chi connectivity index (χ0n) is 12.0. The molecule has 0 saturated carbocycles. The fourth-order valence-corrected chi connectivity index (χ4v) is 2.97. The Morgan fingerprint density at radius 3 is 3.05 bits per heavy atom. The number of likely N-dealkylation sites (N-methyl/N-ethyl adjacent to an activating group) is 1. The molecule has 0 radical (unpaired) electrons. The third kappa shape index (κ3) is 2.68. The average molecular weight is 294 g/mol. The first-order chi connectivity index (χ1) is 9.67. The van der Waals surface area contributed by atoms with Crippen molar-refractivity contribution in [3.8, 4) is 0 Å². The Hall–Kier alpha value is -1.10. The van der Waals surface area contributed by atoms with Crippen molar-refractivity contribution < 1.29 is 4.74 Å². The summed E-state index contributed by atoms with van der Waals surface area (Å²) in [5, 5.41) is 0. The number of rotatable bonds is 3. The van der Waals surface area contributed by atoms with Crippen LogP contribution in [0.5, 0.6) is 0 Å². The first-order valence-electron chi connectivity index (χ1n) is 6.99. The molecule has 3 rings (SSSR count). The minimum absolute atomic E-state index is 0.202. The number of aryl methyl sites for hydroxylation is 1. The number of fused-ring (bicyclic) bond motifs is 1. The molecule has 5 heteroatoms. The molecule has 0 bridgehead atoms. The van der Waals surface area contributed by atoms with Crippen LogP contribution in [-0.4, -0.2) is 47.3 Å². The molecule has 0 N–H and O–H groups in total. The molecule has 1 unspecified atom stereocenters. The molecule has 1 fully saturated rings. The Labute approximate surface area is 124 Å². The van der Waals surface area contributed by atoms with E-state index in [0.29, 0.717) is 5.88 Å². The van der Waals surface area contributed by atoms with E-state index >= 15 is 0 Å². The van der Waals surface area contributed by atoms with Crippen LogP contribution in [0.25, 0.3) is 11.0 Å². The van der Waals surface area contributed by atoms with E-state index in [2.05, 4.69) is 46.6 Å². The number of alkyl halides is 1. The normalized spacial score (nSPS) is 20.6. The Bertz CT molecular complexity index is 610. The van der Waals surface area contributed by atoms with E-state index in [0.717, 1.165) is 43.1 Å². The largest absolute Gasteiger partial charge is 0.374 e. The summed E-state index contributed by atoms with van der Waals surface area (Å²) in [5.74, 6) is 1.35. The van der Waals surface area contributed by atoms with Gasteiger partial charge in [0, 0.05) is 13.1 Å². The molecule has 1 aliphatic rings. The molecule has 1 aromatic carbocycles. The maximum absolute atomic E-state index is 6.06. The second kappa shape index (κ2) is 5.72. The van der Waals surface area contributed by atoms with Gasteiger partial charge in [-0.15, -0.1) is 11.6 Å². The molecular weight excluding hydrogens is 274 g/mol. The highest BCUT2D eigenvalue weighted by atomic mass is 35.5. The molecule has 1 atom stereocenters. The summed E-state index contributed by atoms with van der Waals surface area (Å²) in [6.45, 7) is 5.66. The van der Waals surface area contributed by atoms with Crippen LogP contribution in [0.3, 0.4) is 0 Å². The highest BCUT2D eigenvalue weighted by molar-refractivity contribution is 6.16. The van der Waals surface area contributed by atoms with Crippen molar-refractivity contribution in [3.05, 3.63) is 29.6 Å². The van der Waals surface area contributed by atoms with E-state index < -0.39 is 0 Å². The molecule has 4 nitrogen and oxygen atoms in total. The van der Waals surface area contributed by atoms with Gasteiger partial charge in [-0.3, -0.25) is 0 Å². The van der Waals surface area contributed by atoms with Gasteiger partial charge in [0.05, 0.1) is 36.2 Å². The molecule has 1 saturated heterocycles. The zero-order valence-corrected chi connectivity index (χ0v) is 12.7. The van der Waals surface area contributed by atoms with E-state index in [9.17, 15) is 0 Å². The Balaban J connectivity index is 1.94. The van der Waals surface area contributed by atoms with E-state index in [1.807, 2.05) is 0 Å². The quantitative estimate of drug-likeness (QED) is 0.814. The Kier molecular flexibility index (Phi) is 3.96. The summed E-state index contributed by atoms with van der Waals surface area (Å²) in [4.78, 5) is 6.92. The zero-order chi connectivity index (χ0) is 14.1. The lowest BCUT2D eigenvalue weighted by molar-refractivity contribution is -0.0272. The Morgan fingerprint density at radius 2 is 2.30 bits per heavy atom. The van der Waals surface area contributed by atoms with Crippen molar-refractivity contribution in [2.24, 2.45) is 0 Å². The first-order valence-corrected chi connectivity index (χ1v) is 7.52. The number of nitrogens with zero attached hydrogens (tertiary/aromatic N) is 3. The van der Waals surface area contributed by atoms with Crippen LogP contribution >= 0.6 is 11.6 Å². The van der Waals surface area contributed by atoms with Crippen molar-refractivity contribution in [2.45, 2.75) is 25.5 Å². The van der Waals surface area contributed by atoms with Gasteiger partial charge >= 0.3 is 0 Å². The lowest BCUT2D eigenvalue weighted by atomic mass is 10.2. The van der Waals surface area contributed by atoms with Gasteiger partial charge in [-0.1, -0.05) is 6.07 Å². The maximum Gasteiger partial charge on any atom is 0.124 e. The topological polar surface area (TPSA) is 30.3 Å².